The van der Waals surface area contributed by atoms with Crippen molar-refractivity contribution in [2.45, 2.75) is 46.1 Å². The maximum atomic E-state index is 11.2. The number of anilines is 1. The molecule has 0 aliphatic carbocycles. The number of aliphatic carboxylic acids is 1. The number of piperidine rings is 1. The number of hydrogen-bond acceptors (Lipinski definition) is 2. The Morgan fingerprint density at radius 3 is 2.58 bits per heavy atom. The number of hydrogen-bond donors (Lipinski definition) is 1. The van der Waals surface area contributed by atoms with E-state index >= 15 is 0 Å². The summed E-state index contributed by atoms with van der Waals surface area (Å²) in [6.07, 6.45) is 1.68. The van der Waals surface area contributed by atoms with Crippen LogP contribution in [-0.2, 0) is 4.79 Å². The molecule has 3 heteroatoms. The Balaban J connectivity index is 2.32. The van der Waals surface area contributed by atoms with E-state index < -0.39 is 5.97 Å². The van der Waals surface area contributed by atoms with E-state index in [0.717, 1.165) is 18.5 Å². The molecule has 1 aromatic carbocycles. The summed E-state index contributed by atoms with van der Waals surface area (Å²) in [5, 5.41) is 9.25. The molecule has 0 bridgehead atoms. The van der Waals surface area contributed by atoms with Gasteiger partial charge in [-0.15, -0.1) is 0 Å². The standard InChI is InChI=1S/C16H23NO2/c1-11-5-6-14(9-12(11)2)17-10-13(15(18)19)7-8-16(17,3)4/h5-6,9,13H,7-8,10H2,1-4H3,(H,18,19). The highest BCUT2D eigenvalue weighted by atomic mass is 16.4. The lowest BCUT2D eigenvalue weighted by atomic mass is 9.84. The van der Waals surface area contributed by atoms with Crippen LogP contribution >= 0.6 is 0 Å². The molecule has 0 aromatic heterocycles. The van der Waals surface area contributed by atoms with Crippen molar-refractivity contribution < 1.29 is 9.90 Å². The zero-order valence-corrected chi connectivity index (χ0v) is 12.2. The Morgan fingerprint density at radius 2 is 2.00 bits per heavy atom. The third-order valence-corrected chi connectivity index (χ3v) is 4.39. The number of carbonyl (C=O) groups is 1. The zero-order chi connectivity index (χ0) is 14.2. The quantitative estimate of drug-likeness (QED) is 0.887. The maximum absolute atomic E-state index is 11.2. The molecule has 1 heterocycles. The fourth-order valence-electron chi connectivity index (χ4n) is 2.77. The minimum absolute atomic E-state index is 0.0215. The van der Waals surface area contributed by atoms with Crippen molar-refractivity contribution in [2.24, 2.45) is 5.92 Å². The van der Waals surface area contributed by atoms with Gasteiger partial charge < -0.3 is 10.0 Å². The second-order valence-electron chi connectivity index (χ2n) is 6.27. The summed E-state index contributed by atoms with van der Waals surface area (Å²) >= 11 is 0. The molecule has 1 saturated heterocycles. The van der Waals surface area contributed by atoms with Gasteiger partial charge in [0.25, 0.3) is 0 Å². The van der Waals surface area contributed by atoms with Gasteiger partial charge in [-0.1, -0.05) is 6.07 Å². The Hall–Kier alpha value is -1.51. The molecule has 3 nitrogen and oxygen atoms in total. The lowest BCUT2D eigenvalue weighted by Gasteiger charge is -2.46. The number of nitrogens with zero attached hydrogens (tertiary/aromatic N) is 1. The van der Waals surface area contributed by atoms with Crippen LogP contribution in [0, 0.1) is 19.8 Å². The normalized spacial score (nSPS) is 22.3. The van der Waals surface area contributed by atoms with Gasteiger partial charge in [0, 0.05) is 17.8 Å². The summed E-state index contributed by atoms with van der Waals surface area (Å²) in [7, 11) is 0. The number of rotatable bonds is 2. The van der Waals surface area contributed by atoms with E-state index in [1.807, 2.05) is 0 Å². The lowest BCUT2D eigenvalue weighted by molar-refractivity contribution is -0.142. The van der Waals surface area contributed by atoms with E-state index in [1.54, 1.807) is 0 Å². The van der Waals surface area contributed by atoms with E-state index in [0.29, 0.717) is 6.54 Å². The van der Waals surface area contributed by atoms with E-state index in [4.69, 9.17) is 0 Å². The van der Waals surface area contributed by atoms with Crippen LogP contribution in [0.4, 0.5) is 5.69 Å². The first-order valence-electron chi connectivity index (χ1n) is 6.89. The SMILES string of the molecule is Cc1ccc(N2CC(C(=O)O)CCC2(C)C)cc1C. The van der Waals surface area contributed by atoms with Crippen LogP contribution in [0.25, 0.3) is 0 Å². The summed E-state index contributed by atoms with van der Waals surface area (Å²) in [6.45, 7) is 9.19. The molecule has 1 atom stereocenters. The van der Waals surface area contributed by atoms with Gasteiger partial charge in [-0.05, 0) is 63.8 Å². The molecular formula is C16H23NO2. The maximum Gasteiger partial charge on any atom is 0.308 e. The van der Waals surface area contributed by atoms with Crippen molar-refractivity contribution in [3.05, 3.63) is 29.3 Å². The summed E-state index contributed by atoms with van der Waals surface area (Å²) < 4.78 is 0. The third-order valence-electron chi connectivity index (χ3n) is 4.39. The number of benzene rings is 1. The van der Waals surface area contributed by atoms with Gasteiger partial charge in [0.2, 0.25) is 0 Å². The summed E-state index contributed by atoms with van der Waals surface area (Å²) in [6, 6.07) is 6.39. The van der Waals surface area contributed by atoms with Gasteiger partial charge in [0.05, 0.1) is 5.92 Å². The zero-order valence-electron chi connectivity index (χ0n) is 12.2. The van der Waals surface area contributed by atoms with E-state index in [9.17, 15) is 9.90 Å². The first kappa shape index (κ1) is 13.9. The summed E-state index contributed by atoms with van der Waals surface area (Å²) in [5.41, 5.74) is 3.69. The van der Waals surface area contributed by atoms with Crippen molar-refractivity contribution >= 4 is 11.7 Å². The second kappa shape index (κ2) is 4.87. The van der Waals surface area contributed by atoms with E-state index in [-0.39, 0.29) is 11.5 Å². The molecule has 0 amide bonds. The Morgan fingerprint density at radius 1 is 1.32 bits per heavy atom. The molecule has 0 radical (unpaired) electrons. The monoisotopic (exact) mass is 261 g/mol. The first-order chi connectivity index (χ1) is 8.81. The largest absolute Gasteiger partial charge is 0.481 e. The number of carboxylic acids is 1. The van der Waals surface area contributed by atoms with Crippen LogP contribution in [0.3, 0.4) is 0 Å². The van der Waals surface area contributed by atoms with Crippen LogP contribution < -0.4 is 4.90 Å². The van der Waals surface area contributed by atoms with Gasteiger partial charge in [-0.2, -0.15) is 0 Å². The average Bonchev–Trinajstić information content (AvgIpc) is 2.32. The molecule has 1 aliphatic heterocycles. The Labute approximate surface area is 115 Å². The molecule has 1 aliphatic rings. The van der Waals surface area contributed by atoms with E-state index in [1.165, 1.54) is 11.1 Å². The molecular weight excluding hydrogens is 238 g/mol. The van der Waals surface area contributed by atoms with Crippen LogP contribution in [-0.4, -0.2) is 23.2 Å². The van der Waals surface area contributed by atoms with Crippen molar-refractivity contribution in [2.75, 3.05) is 11.4 Å². The number of carboxylic acid groups (broad SMARTS) is 1. The fourth-order valence-corrected chi connectivity index (χ4v) is 2.77. The minimum atomic E-state index is -0.677. The van der Waals surface area contributed by atoms with Gasteiger partial charge in [0.15, 0.2) is 0 Å². The molecule has 1 aromatic rings. The summed E-state index contributed by atoms with van der Waals surface area (Å²) in [5.74, 6) is -0.932. The highest BCUT2D eigenvalue weighted by Crippen LogP contribution is 2.35. The summed E-state index contributed by atoms with van der Waals surface area (Å²) in [4.78, 5) is 13.5. The van der Waals surface area contributed by atoms with Gasteiger partial charge in [-0.25, -0.2) is 0 Å². The molecule has 104 valence electrons. The second-order valence-corrected chi connectivity index (χ2v) is 6.27. The van der Waals surface area contributed by atoms with Crippen molar-refractivity contribution in [1.82, 2.24) is 0 Å². The lowest BCUT2D eigenvalue weighted by Crippen LogP contribution is -2.52. The van der Waals surface area contributed by atoms with Gasteiger partial charge >= 0.3 is 5.97 Å². The van der Waals surface area contributed by atoms with Crippen molar-refractivity contribution in [1.29, 1.82) is 0 Å². The number of aryl methyl sites for hydroxylation is 2. The van der Waals surface area contributed by atoms with Crippen molar-refractivity contribution in [3.63, 3.8) is 0 Å². The fraction of sp³-hybridized carbons (Fsp3) is 0.562. The molecule has 0 saturated carbocycles. The molecule has 1 unspecified atom stereocenters. The Bertz CT molecular complexity index is 494. The minimum Gasteiger partial charge on any atom is -0.481 e. The third kappa shape index (κ3) is 2.75. The van der Waals surface area contributed by atoms with Gasteiger partial charge in [-0.3, -0.25) is 4.79 Å². The average molecular weight is 261 g/mol. The topological polar surface area (TPSA) is 40.5 Å². The molecule has 1 N–H and O–H groups in total. The van der Waals surface area contributed by atoms with Crippen molar-refractivity contribution in [3.8, 4) is 0 Å². The molecule has 2 rings (SSSR count). The molecule has 1 fully saturated rings. The van der Waals surface area contributed by atoms with Crippen LogP contribution in [0.5, 0.6) is 0 Å². The van der Waals surface area contributed by atoms with Crippen LogP contribution in [0.2, 0.25) is 0 Å². The van der Waals surface area contributed by atoms with Crippen LogP contribution in [0.1, 0.15) is 37.8 Å². The Kier molecular flexibility index (Phi) is 3.57. The smallest absolute Gasteiger partial charge is 0.308 e. The first-order valence-corrected chi connectivity index (χ1v) is 6.89. The van der Waals surface area contributed by atoms with E-state index in [2.05, 4.69) is 50.8 Å². The predicted octanol–water partition coefficient (Wildman–Crippen LogP) is 3.38. The van der Waals surface area contributed by atoms with Crippen LogP contribution in [0.15, 0.2) is 18.2 Å². The predicted molar refractivity (Wildman–Crippen MR) is 77.7 cm³/mol. The molecule has 19 heavy (non-hydrogen) atoms. The van der Waals surface area contributed by atoms with Gasteiger partial charge in [0.1, 0.15) is 0 Å². The highest BCUT2D eigenvalue weighted by Gasteiger charge is 2.37. The molecule has 0 spiro atoms. The highest BCUT2D eigenvalue weighted by molar-refractivity contribution is 5.71.